The van der Waals surface area contributed by atoms with Crippen molar-refractivity contribution in [2.24, 2.45) is 5.41 Å². The molecule has 9 rings (SSSR count). The van der Waals surface area contributed by atoms with Crippen molar-refractivity contribution < 1.29 is 28.1 Å². The van der Waals surface area contributed by atoms with Crippen molar-refractivity contribution in [1.82, 2.24) is 20.2 Å². The van der Waals surface area contributed by atoms with Gasteiger partial charge in [0.15, 0.2) is 5.82 Å². The van der Waals surface area contributed by atoms with Crippen molar-refractivity contribution in [2.75, 3.05) is 57.4 Å². The zero-order valence-corrected chi connectivity index (χ0v) is 26.6. The van der Waals surface area contributed by atoms with Crippen LogP contribution >= 0.6 is 0 Å². The van der Waals surface area contributed by atoms with E-state index in [1.165, 1.54) is 18.2 Å². The number of phenols is 1. The van der Waals surface area contributed by atoms with Gasteiger partial charge in [-0.25, -0.2) is 8.78 Å². The third kappa shape index (κ3) is 5.22. The minimum absolute atomic E-state index is 0.0327. The fraction of sp³-hybridized carbons (Fsp3) is 0.459. The lowest BCUT2D eigenvalue weighted by Gasteiger charge is -2.34. The number of phenolic OH excluding ortho intramolecular Hbond substituents is 1. The van der Waals surface area contributed by atoms with Gasteiger partial charge in [0, 0.05) is 72.1 Å². The molecule has 1 aliphatic carbocycles. The van der Waals surface area contributed by atoms with Crippen LogP contribution < -0.4 is 15.0 Å². The van der Waals surface area contributed by atoms with Crippen LogP contribution in [0.1, 0.15) is 31.2 Å². The average molecular weight is 654 g/mol. The molecular weight excluding hydrogens is 616 g/mol. The zero-order valence-electron chi connectivity index (χ0n) is 26.6. The van der Waals surface area contributed by atoms with Gasteiger partial charge in [-0.15, -0.1) is 6.42 Å². The molecule has 5 fully saturated rings. The van der Waals surface area contributed by atoms with Crippen LogP contribution in [0.15, 0.2) is 36.4 Å². The summed E-state index contributed by atoms with van der Waals surface area (Å²) in [6.45, 7) is 5.50. The van der Waals surface area contributed by atoms with E-state index in [2.05, 4.69) is 26.0 Å². The second-order valence-corrected chi connectivity index (χ2v) is 14.2. The Labute approximate surface area is 277 Å². The summed E-state index contributed by atoms with van der Waals surface area (Å²) in [7, 11) is 0. The molecular formula is C37H37F2N5O4. The number of rotatable bonds is 7. The van der Waals surface area contributed by atoms with Gasteiger partial charge < -0.3 is 29.5 Å². The molecule has 0 radical (unpaired) electrons. The number of hydrogen-bond donors (Lipinski definition) is 2. The number of halogens is 2. The number of hydrogen-bond acceptors (Lipinski definition) is 9. The molecule has 4 aliphatic heterocycles. The number of likely N-dealkylation sites (tertiary alicyclic amines) is 1. The van der Waals surface area contributed by atoms with Gasteiger partial charge in [0.25, 0.3) is 0 Å². The van der Waals surface area contributed by atoms with Crippen LogP contribution in [0, 0.1) is 29.4 Å². The van der Waals surface area contributed by atoms with Crippen molar-refractivity contribution in [1.29, 1.82) is 0 Å². The summed E-state index contributed by atoms with van der Waals surface area (Å²) >= 11 is 0. The Morgan fingerprint density at radius 3 is 2.48 bits per heavy atom. The van der Waals surface area contributed by atoms with E-state index in [1.54, 1.807) is 18.2 Å². The molecule has 48 heavy (non-hydrogen) atoms. The molecule has 4 aromatic rings. The highest BCUT2D eigenvalue weighted by Gasteiger charge is 2.48. The van der Waals surface area contributed by atoms with E-state index in [-0.39, 0.29) is 63.5 Å². The molecule has 248 valence electrons. The van der Waals surface area contributed by atoms with Crippen LogP contribution in [-0.2, 0) is 9.47 Å². The first-order valence-electron chi connectivity index (χ1n) is 16.9. The lowest BCUT2D eigenvalue weighted by Crippen LogP contribution is -2.51. The topological polar surface area (TPSA) is 92.2 Å². The van der Waals surface area contributed by atoms with Gasteiger partial charge in [0.2, 0.25) is 0 Å². The Morgan fingerprint density at radius 2 is 1.77 bits per heavy atom. The van der Waals surface area contributed by atoms with Crippen LogP contribution in [0.3, 0.4) is 0 Å². The first kappa shape index (κ1) is 30.0. The van der Waals surface area contributed by atoms with E-state index in [1.807, 2.05) is 0 Å². The first-order chi connectivity index (χ1) is 23.4. The first-order valence-corrected chi connectivity index (χ1v) is 16.9. The summed E-state index contributed by atoms with van der Waals surface area (Å²) < 4.78 is 51.4. The maximum atomic E-state index is 16.9. The van der Waals surface area contributed by atoms with Gasteiger partial charge in [0.05, 0.1) is 37.6 Å². The molecule has 9 nitrogen and oxygen atoms in total. The summed E-state index contributed by atoms with van der Waals surface area (Å²) in [5, 5.41) is 15.5. The molecule has 4 atom stereocenters. The van der Waals surface area contributed by atoms with Crippen molar-refractivity contribution in [3.8, 4) is 35.2 Å². The van der Waals surface area contributed by atoms with Crippen LogP contribution in [0.25, 0.3) is 32.8 Å². The number of anilines is 1. The maximum Gasteiger partial charge on any atom is 0.319 e. The molecule has 1 aromatic heterocycles. The Morgan fingerprint density at radius 1 is 1.02 bits per heavy atom. The standard InChI is InChI=1S/C37H37F2N5O4/c1-2-21-4-3-5-22-12-25(45)13-26(31(21)22)32-28(38)14-27-34(33(32)39)41-36(42-35(27)44-15-23-6-7-24(16-44)40-23)48-20-37(8-9-37)19-43-17-29-30(18-43)47-11-10-46-29/h1,3-5,12-14,23-24,29-30,40,45H,6-11,15-20H2. The number of fused-ring (bicyclic) bond motifs is 5. The van der Waals surface area contributed by atoms with Gasteiger partial charge in [-0.1, -0.05) is 18.1 Å². The monoisotopic (exact) mass is 653 g/mol. The molecule has 2 N–H and O–H groups in total. The van der Waals surface area contributed by atoms with E-state index in [9.17, 15) is 5.11 Å². The van der Waals surface area contributed by atoms with Crippen molar-refractivity contribution in [2.45, 2.75) is 50.0 Å². The molecule has 5 heterocycles. The number of piperazine rings is 1. The van der Waals surface area contributed by atoms with Gasteiger partial charge >= 0.3 is 6.01 Å². The Kier molecular flexibility index (Phi) is 7.20. The fourth-order valence-corrected chi connectivity index (χ4v) is 8.30. The van der Waals surface area contributed by atoms with Gasteiger partial charge in [0.1, 0.15) is 22.9 Å². The van der Waals surface area contributed by atoms with Crippen LogP contribution in [0.5, 0.6) is 11.8 Å². The van der Waals surface area contributed by atoms with E-state index in [0.29, 0.717) is 55.1 Å². The summed E-state index contributed by atoms with van der Waals surface area (Å²) in [6, 6.07) is 10.0. The summed E-state index contributed by atoms with van der Waals surface area (Å²) in [5.41, 5.74) is 0.235. The number of ether oxygens (including phenoxy) is 3. The molecule has 4 unspecified atom stereocenters. The highest BCUT2D eigenvalue weighted by Crippen LogP contribution is 2.48. The average Bonchev–Trinajstić information content (AvgIpc) is 3.59. The van der Waals surface area contributed by atoms with E-state index in [4.69, 9.17) is 25.6 Å². The lowest BCUT2D eigenvalue weighted by molar-refractivity contribution is -0.116. The predicted molar refractivity (Wildman–Crippen MR) is 177 cm³/mol. The van der Waals surface area contributed by atoms with Crippen LogP contribution in [0.2, 0.25) is 0 Å². The zero-order chi connectivity index (χ0) is 32.6. The summed E-state index contributed by atoms with van der Waals surface area (Å²) in [5.74, 6) is 1.33. The normalized spacial score (nSPS) is 26.1. The lowest BCUT2D eigenvalue weighted by atomic mass is 9.93. The van der Waals surface area contributed by atoms with Crippen LogP contribution in [0.4, 0.5) is 14.6 Å². The SMILES string of the molecule is C#Cc1cccc2cc(O)cc(-c3c(F)cc4c(N5CC6CCC(C5)N6)nc(OCC5(CN6CC7OCCOC7C6)CC5)nc4c3F)c12. The minimum Gasteiger partial charge on any atom is -0.508 e. The van der Waals surface area contributed by atoms with Gasteiger partial charge in [-0.3, -0.25) is 4.90 Å². The molecule has 1 saturated carbocycles. The highest BCUT2D eigenvalue weighted by atomic mass is 19.1. The molecule has 5 aliphatic rings. The van der Waals surface area contributed by atoms with E-state index in [0.717, 1.165) is 45.3 Å². The van der Waals surface area contributed by atoms with Crippen molar-refractivity contribution in [3.63, 3.8) is 0 Å². The summed E-state index contributed by atoms with van der Waals surface area (Å²) in [4.78, 5) is 13.9. The van der Waals surface area contributed by atoms with Gasteiger partial charge in [-0.05, 0) is 55.3 Å². The van der Waals surface area contributed by atoms with Crippen molar-refractivity contribution >= 4 is 27.5 Å². The number of nitrogens with zero attached hydrogens (tertiary/aromatic N) is 4. The second-order valence-electron chi connectivity index (χ2n) is 14.2. The fourth-order valence-electron chi connectivity index (χ4n) is 8.30. The number of aromatic hydroxyl groups is 1. The maximum absolute atomic E-state index is 16.9. The summed E-state index contributed by atoms with van der Waals surface area (Å²) in [6.07, 6.45) is 10.1. The smallest absolute Gasteiger partial charge is 0.319 e. The van der Waals surface area contributed by atoms with Crippen LogP contribution in [-0.4, -0.2) is 96.8 Å². The van der Waals surface area contributed by atoms with E-state index < -0.39 is 11.6 Å². The second kappa shape index (κ2) is 11.5. The molecule has 3 aromatic carbocycles. The largest absolute Gasteiger partial charge is 0.508 e. The minimum atomic E-state index is -0.851. The molecule has 0 spiro atoms. The Bertz CT molecular complexity index is 1950. The number of aromatic nitrogens is 2. The van der Waals surface area contributed by atoms with Crippen molar-refractivity contribution in [3.05, 3.63) is 53.6 Å². The molecule has 11 heteroatoms. The molecule has 4 saturated heterocycles. The highest BCUT2D eigenvalue weighted by molar-refractivity contribution is 6.04. The third-order valence-corrected chi connectivity index (χ3v) is 10.8. The molecule has 0 amide bonds. The number of benzene rings is 3. The number of terminal acetylenes is 1. The third-order valence-electron chi connectivity index (χ3n) is 10.8. The van der Waals surface area contributed by atoms with Gasteiger partial charge in [-0.2, -0.15) is 9.97 Å². The Balaban J connectivity index is 1.11. The Hall–Kier alpha value is -4.08. The predicted octanol–water partition coefficient (Wildman–Crippen LogP) is 4.61. The number of nitrogens with one attached hydrogen (secondary N) is 1. The quantitative estimate of drug-likeness (QED) is 0.278. The molecule has 2 bridgehead atoms. The van der Waals surface area contributed by atoms with E-state index >= 15 is 8.78 Å².